The summed E-state index contributed by atoms with van der Waals surface area (Å²) in [7, 11) is -4.14. The Kier molecular flexibility index (Phi) is 10.4. The fraction of sp³-hybridized carbons (Fsp3) is 0.394. The van der Waals surface area contributed by atoms with E-state index < -0.39 is 34.3 Å². The zero-order chi connectivity index (χ0) is 30.3. The highest BCUT2D eigenvalue weighted by Gasteiger charge is 2.34. The number of halogens is 1. The Balaban J connectivity index is 1.70. The van der Waals surface area contributed by atoms with Gasteiger partial charge in [0.05, 0.1) is 10.6 Å². The van der Waals surface area contributed by atoms with Crippen molar-refractivity contribution in [2.75, 3.05) is 10.8 Å². The van der Waals surface area contributed by atoms with Crippen molar-refractivity contribution in [3.8, 4) is 0 Å². The monoisotopic (exact) mass is 593 g/mol. The molecule has 224 valence electrons. The average molecular weight is 594 g/mol. The lowest BCUT2D eigenvalue weighted by Gasteiger charge is -2.33. The zero-order valence-corrected chi connectivity index (χ0v) is 25.4. The van der Waals surface area contributed by atoms with E-state index in [9.17, 15) is 22.4 Å². The number of para-hydroxylation sites is 1. The van der Waals surface area contributed by atoms with E-state index in [1.165, 1.54) is 29.2 Å². The lowest BCUT2D eigenvalue weighted by atomic mass is 9.95. The molecule has 3 aromatic carbocycles. The molecular weight excluding hydrogens is 553 g/mol. The Bertz CT molecular complexity index is 1470. The smallest absolute Gasteiger partial charge is 0.264 e. The van der Waals surface area contributed by atoms with Crippen LogP contribution >= 0.6 is 0 Å². The van der Waals surface area contributed by atoms with Crippen LogP contribution in [-0.2, 0) is 32.6 Å². The van der Waals surface area contributed by atoms with Gasteiger partial charge in [-0.25, -0.2) is 12.8 Å². The van der Waals surface area contributed by atoms with Gasteiger partial charge in [0, 0.05) is 12.6 Å². The highest BCUT2D eigenvalue weighted by Crippen LogP contribution is 2.28. The SMILES string of the molecule is CCc1ccccc1N(CC(=O)N(Cc1ccc(F)cc1)[C@H](C)C(=O)NC1CCCCC1)S(=O)(=O)c1ccc(C)cc1. The Morgan fingerprint density at radius 2 is 1.60 bits per heavy atom. The molecule has 2 amide bonds. The summed E-state index contributed by atoms with van der Waals surface area (Å²) in [5.41, 5.74) is 2.72. The first-order valence-electron chi connectivity index (χ1n) is 14.6. The van der Waals surface area contributed by atoms with E-state index in [0.29, 0.717) is 17.7 Å². The van der Waals surface area contributed by atoms with E-state index in [4.69, 9.17) is 0 Å². The summed E-state index contributed by atoms with van der Waals surface area (Å²) >= 11 is 0. The molecule has 1 saturated carbocycles. The van der Waals surface area contributed by atoms with Crippen molar-refractivity contribution in [2.45, 2.75) is 82.8 Å². The Hall–Kier alpha value is -3.72. The van der Waals surface area contributed by atoms with Crippen molar-refractivity contribution in [3.63, 3.8) is 0 Å². The molecule has 0 radical (unpaired) electrons. The van der Waals surface area contributed by atoms with Crippen molar-refractivity contribution in [1.29, 1.82) is 0 Å². The van der Waals surface area contributed by atoms with E-state index in [0.717, 1.165) is 47.5 Å². The third kappa shape index (κ3) is 7.56. The van der Waals surface area contributed by atoms with Crippen LogP contribution in [0.1, 0.15) is 62.6 Å². The van der Waals surface area contributed by atoms with Gasteiger partial charge in [-0.2, -0.15) is 0 Å². The number of benzene rings is 3. The third-order valence-corrected chi connectivity index (χ3v) is 9.69. The third-order valence-electron chi connectivity index (χ3n) is 7.91. The molecule has 4 rings (SSSR count). The Morgan fingerprint density at radius 1 is 0.952 bits per heavy atom. The normalized spacial score (nSPS) is 14.7. The van der Waals surface area contributed by atoms with Crippen LogP contribution in [0.15, 0.2) is 77.7 Å². The van der Waals surface area contributed by atoms with Crippen LogP contribution in [-0.4, -0.2) is 43.8 Å². The standard InChI is InChI=1S/C33H40FN3O4S/c1-4-27-10-8-9-13-31(27)37(42(40,41)30-20-14-24(2)15-21-30)23-32(38)36(22-26-16-18-28(34)19-17-26)25(3)33(39)35-29-11-6-5-7-12-29/h8-10,13-21,25,29H,4-7,11-12,22-23H2,1-3H3,(H,35,39)/t25-/m1/s1. The van der Waals surface area contributed by atoms with Gasteiger partial charge in [-0.3, -0.25) is 13.9 Å². The fourth-order valence-corrected chi connectivity index (χ4v) is 6.79. The second-order valence-electron chi connectivity index (χ2n) is 11.0. The summed E-state index contributed by atoms with van der Waals surface area (Å²) in [5.74, 6) is -1.24. The second-order valence-corrected chi connectivity index (χ2v) is 12.8. The first-order valence-corrected chi connectivity index (χ1v) is 16.1. The summed E-state index contributed by atoms with van der Waals surface area (Å²) in [5, 5.41) is 3.09. The van der Waals surface area contributed by atoms with Crippen molar-refractivity contribution in [2.24, 2.45) is 0 Å². The fourth-order valence-electron chi connectivity index (χ4n) is 5.34. The highest BCUT2D eigenvalue weighted by molar-refractivity contribution is 7.92. The number of amides is 2. The maximum Gasteiger partial charge on any atom is 0.264 e. The predicted octanol–water partition coefficient (Wildman–Crippen LogP) is 5.76. The zero-order valence-electron chi connectivity index (χ0n) is 24.6. The lowest BCUT2D eigenvalue weighted by molar-refractivity contribution is -0.139. The highest BCUT2D eigenvalue weighted by atomic mass is 32.2. The first-order chi connectivity index (χ1) is 20.1. The molecule has 1 fully saturated rings. The molecule has 1 aliphatic carbocycles. The molecule has 1 N–H and O–H groups in total. The van der Waals surface area contributed by atoms with Gasteiger partial charge in [0.2, 0.25) is 11.8 Å². The molecule has 9 heteroatoms. The summed E-state index contributed by atoms with van der Waals surface area (Å²) < 4.78 is 42.9. The van der Waals surface area contributed by atoms with Crippen LogP contribution in [0.2, 0.25) is 0 Å². The van der Waals surface area contributed by atoms with Crippen LogP contribution < -0.4 is 9.62 Å². The molecule has 0 bridgehead atoms. The van der Waals surface area contributed by atoms with E-state index in [1.807, 2.05) is 26.0 Å². The number of rotatable bonds is 11. The van der Waals surface area contributed by atoms with Crippen molar-refractivity contribution in [3.05, 3.63) is 95.3 Å². The molecule has 0 aromatic heterocycles. The van der Waals surface area contributed by atoms with E-state index >= 15 is 0 Å². The van der Waals surface area contributed by atoms with E-state index in [1.54, 1.807) is 43.3 Å². The van der Waals surface area contributed by atoms with E-state index in [2.05, 4.69) is 5.32 Å². The van der Waals surface area contributed by atoms with Gasteiger partial charge in [0.25, 0.3) is 10.0 Å². The molecular formula is C33H40FN3O4S. The van der Waals surface area contributed by atoms with E-state index in [-0.39, 0.29) is 23.4 Å². The number of aryl methyl sites for hydroxylation is 2. The number of carbonyl (C=O) groups is 2. The molecule has 1 atom stereocenters. The van der Waals surface area contributed by atoms with Gasteiger partial charge in [-0.1, -0.05) is 74.2 Å². The van der Waals surface area contributed by atoms with Crippen molar-refractivity contribution in [1.82, 2.24) is 10.2 Å². The minimum absolute atomic E-state index is 0.0201. The number of anilines is 1. The largest absolute Gasteiger partial charge is 0.352 e. The van der Waals surface area contributed by atoms with Gasteiger partial charge in [-0.05, 0) is 74.6 Å². The minimum Gasteiger partial charge on any atom is -0.352 e. The molecule has 42 heavy (non-hydrogen) atoms. The number of hydrogen-bond donors (Lipinski definition) is 1. The second kappa shape index (κ2) is 14.0. The van der Waals surface area contributed by atoms with Gasteiger partial charge in [0.15, 0.2) is 0 Å². The summed E-state index contributed by atoms with van der Waals surface area (Å²) in [6, 6.07) is 18.5. The maximum absolute atomic E-state index is 14.1. The molecule has 1 aliphatic rings. The lowest BCUT2D eigenvalue weighted by Crippen LogP contribution is -2.53. The predicted molar refractivity (Wildman–Crippen MR) is 163 cm³/mol. The van der Waals surface area contributed by atoms with Gasteiger partial charge in [-0.15, -0.1) is 0 Å². The molecule has 0 saturated heterocycles. The topological polar surface area (TPSA) is 86.8 Å². The van der Waals surface area contributed by atoms with Crippen molar-refractivity contribution >= 4 is 27.5 Å². The summed E-state index contributed by atoms with van der Waals surface area (Å²) in [4.78, 5) is 29.0. The van der Waals surface area contributed by atoms with Crippen LogP contribution in [0.4, 0.5) is 10.1 Å². The van der Waals surface area contributed by atoms with Crippen LogP contribution in [0.3, 0.4) is 0 Å². The van der Waals surface area contributed by atoms with Crippen LogP contribution in [0, 0.1) is 12.7 Å². The molecule has 0 unspecified atom stereocenters. The average Bonchev–Trinajstić information content (AvgIpc) is 2.99. The van der Waals surface area contributed by atoms with Crippen LogP contribution in [0.25, 0.3) is 0 Å². The number of nitrogens with one attached hydrogen (secondary N) is 1. The quantitative estimate of drug-likeness (QED) is 0.306. The number of sulfonamides is 1. The van der Waals surface area contributed by atoms with Gasteiger partial charge >= 0.3 is 0 Å². The number of carbonyl (C=O) groups excluding carboxylic acids is 2. The first kappa shape index (κ1) is 31.2. The van der Waals surface area contributed by atoms with Gasteiger partial charge < -0.3 is 10.2 Å². The summed E-state index contributed by atoms with van der Waals surface area (Å²) in [6.07, 6.45) is 5.56. The molecule has 0 aliphatic heterocycles. The molecule has 0 heterocycles. The van der Waals surface area contributed by atoms with Crippen molar-refractivity contribution < 1.29 is 22.4 Å². The minimum atomic E-state index is -4.14. The Morgan fingerprint density at radius 3 is 2.24 bits per heavy atom. The molecule has 3 aromatic rings. The maximum atomic E-state index is 14.1. The summed E-state index contributed by atoms with van der Waals surface area (Å²) in [6.45, 7) is 4.97. The molecule has 7 nitrogen and oxygen atoms in total. The van der Waals surface area contributed by atoms with Crippen LogP contribution in [0.5, 0.6) is 0 Å². The van der Waals surface area contributed by atoms with Gasteiger partial charge in [0.1, 0.15) is 18.4 Å². The Labute approximate surface area is 248 Å². The number of nitrogens with zero attached hydrogens (tertiary/aromatic N) is 2. The number of hydrogen-bond acceptors (Lipinski definition) is 4. The molecule has 0 spiro atoms.